The highest BCUT2D eigenvalue weighted by Gasteiger charge is 2.35. The number of fused-ring (bicyclic) bond motifs is 1. The molecule has 0 bridgehead atoms. The molecule has 2 aromatic carbocycles. The Kier molecular flexibility index (Phi) is 3.25. The van der Waals surface area contributed by atoms with Crippen LogP contribution in [0.3, 0.4) is 0 Å². The summed E-state index contributed by atoms with van der Waals surface area (Å²) in [7, 11) is 0. The molecule has 104 valence electrons. The van der Waals surface area contributed by atoms with Crippen molar-refractivity contribution >= 4 is 5.69 Å². The molecule has 1 N–H and O–H groups in total. The maximum Gasteiger partial charge on any atom is 0.146 e. The molecule has 0 amide bonds. The van der Waals surface area contributed by atoms with E-state index in [9.17, 15) is 4.39 Å². The van der Waals surface area contributed by atoms with Crippen LogP contribution in [0.15, 0.2) is 48.5 Å². The summed E-state index contributed by atoms with van der Waals surface area (Å²) in [5, 5.41) is 3.42. The molecule has 0 aliphatic heterocycles. The van der Waals surface area contributed by atoms with Gasteiger partial charge in [0, 0.05) is 0 Å². The maximum absolute atomic E-state index is 13.9. The summed E-state index contributed by atoms with van der Waals surface area (Å²) in [6.45, 7) is 4.50. The largest absolute Gasteiger partial charge is 0.375 e. The summed E-state index contributed by atoms with van der Waals surface area (Å²) in [5.41, 5.74) is 3.37. The fourth-order valence-corrected chi connectivity index (χ4v) is 3.07. The Morgan fingerprint density at radius 2 is 1.75 bits per heavy atom. The van der Waals surface area contributed by atoms with Crippen LogP contribution >= 0.6 is 0 Å². The van der Waals surface area contributed by atoms with Crippen LogP contribution in [0.5, 0.6) is 0 Å². The van der Waals surface area contributed by atoms with Crippen LogP contribution in [0.2, 0.25) is 0 Å². The Hall–Kier alpha value is -1.83. The summed E-state index contributed by atoms with van der Waals surface area (Å²) < 4.78 is 13.9. The van der Waals surface area contributed by atoms with Gasteiger partial charge in [0.25, 0.3) is 0 Å². The van der Waals surface area contributed by atoms with Gasteiger partial charge in [-0.2, -0.15) is 0 Å². The second-order valence-corrected chi connectivity index (χ2v) is 6.24. The zero-order valence-corrected chi connectivity index (χ0v) is 12.0. The second-order valence-electron chi connectivity index (χ2n) is 6.24. The highest BCUT2D eigenvalue weighted by Crippen LogP contribution is 2.45. The first-order chi connectivity index (χ1) is 9.58. The second kappa shape index (κ2) is 4.93. The molecule has 0 spiro atoms. The van der Waals surface area contributed by atoms with Gasteiger partial charge in [-0.25, -0.2) is 4.39 Å². The van der Waals surface area contributed by atoms with E-state index in [1.165, 1.54) is 17.2 Å². The summed E-state index contributed by atoms with van der Waals surface area (Å²) in [4.78, 5) is 0. The molecule has 0 saturated heterocycles. The van der Waals surface area contributed by atoms with E-state index < -0.39 is 0 Å². The minimum atomic E-state index is -0.189. The van der Waals surface area contributed by atoms with Crippen LogP contribution in [-0.4, -0.2) is 0 Å². The van der Waals surface area contributed by atoms with Crippen LogP contribution < -0.4 is 5.32 Å². The van der Waals surface area contributed by atoms with Crippen molar-refractivity contribution in [2.75, 3.05) is 5.32 Å². The molecule has 0 heterocycles. The Bertz CT molecular complexity index is 618. The molecule has 1 aliphatic rings. The zero-order chi connectivity index (χ0) is 14.2. The topological polar surface area (TPSA) is 12.0 Å². The third-order valence-corrected chi connectivity index (χ3v) is 4.36. The zero-order valence-electron chi connectivity index (χ0n) is 12.0. The number of para-hydroxylation sites is 1. The summed E-state index contributed by atoms with van der Waals surface area (Å²) >= 11 is 0. The molecule has 1 atom stereocenters. The van der Waals surface area contributed by atoms with Gasteiger partial charge in [0.1, 0.15) is 5.82 Å². The lowest BCUT2D eigenvalue weighted by Crippen LogP contribution is -2.33. The molecule has 20 heavy (non-hydrogen) atoms. The SMILES string of the molecule is CC1(C)CCc2ccccc2C1Nc1ccccc1F. The number of hydrogen-bond donors (Lipinski definition) is 1. The maximum atomic E-state index is 13.9. The van der Waals surface area contributed by atoms with Crippen molar-refractivity contribution in [1.29, 1.82) is 0 Å². The van der Waals surface area contributed by atoms with Crippen molar-refractivity contribution in [1.82, 2.24) is 0 Å². The van der Waals surface area contributed by atoms with Crippen LogP contribution in [0.4, 0.5) is 10.1 Å². The molecular weight excluding hydrogens is 249 g/mol. The fourth-order valence-electron chi connectivity index (χ4n) is 3.07. The average molecular weight is 269 g/mol. The van der Waals surface area contributed by atoms with Crippen molar-refractivity contribution < 1.29 is 4.39 Å². The monoisotopic (exact) mass is 269 g/mol. The Morgan fingerprint density at radius 3 is 2.55 bits per heavy atom. The smallest absolute Gasteiger partial charge is 0.146 e. The van der Waals surface area contributed by atoms with E-state index in [2.05, 4.69) is 43.4 Å². The molecular formula is C18H20FN. The van der Waals surface area contributed by atoms with Crippen LogP contribution in [0.1, 0.15) is 37.4 Å². The quantitative estimate of drug-likeness (QED) is 0.813. The van der Waals surface area contributed by atoms with E-state index >= 15 is 0 Å². The van der Waals surface area contributed by atoms with Crippen molar-refractivity contribution in [3.63, 3.8) is 0 Å². The van der Waals surface area contributed by atoms with Crippen LogP contribution in [-0.2, 0) is 6.42 Å². The first-order valence-corrected chi connectivity index (χ1v) is 7.17. The van der Waals surface area contributed by atoms with E-state index in [4.69, 9.17) is 0 Å². The number of nitrogens with one attached hydrogen (secondary N) is 1. The molecule has 1 aliphatic carbocycles. The predicted octanol–water partition coefficient (Wildman–Crippen LogP) is 4.95. The van der Waals surface area contributed by atoms with Gasteiger partial charge in [-0.05, 0) is 41.5 Å². The molecule has 0 aromatic heterocycles. The van der Waals surface area contributed by atoms with Gasteiger partial charge in [0.05, 0.1) is 11.7 Å². The normalized spacial score (nSPS) is 20.2. The minimum Gasteiger partial charge on any atom is -0.375 e. The Labute approximate surface area is 119 Å². The van der Waals surface area contributed by atoms with Crippen LogP contribution in [0.25, 0.3) is 0 Å². The molecule has 2 aromatic rings. The van der Waals surface area contributed by atoms with Gasteiger partial charge in [0.2, 0.25) is 0 Å². The third-order valence-electron chi connectivity index (χ3n) is 4.36. The predicted molar refractivity (Wildman–Crippen MR) is 81.3 cm³/mol. The van der Waals surface area contributed by atoms with Gasteiger partial charge in [0.15, 0.2) is 0 Å². The van der Waals surface area contributed by atoms with E-state index in [0.717, 1.165) is 12.8 Å². The van der Waals surface area contributed by atoms with Crippen molar-refractivity contribution in [3.05, 3.63) is 65.5 Å². The van der Waals surface area contributed by atoms with Crippen molar-refractivity contribution in [2.24, 2.45) is 5.41 Å². The lowest BCUT2D eigenvalue weighted by Gasteiger charge is -2.41. The van der Waals surface area contributed by atoms with E-state index in [1.807, 2.05) is 12.1 Å². The lowest BCUT2D eigenvalue weighted by molar-refractivity contribution is 0.265. The number of aryl methyl sites for hydroxylation is 1. The van der Waals surface area contributed by atoms with Crippen molar-refractivity contribution in [3.8, 4) is 0 Å². The Morgan fingerprint density at radius 1 is 1.05 bits per heavy atom. The summed E-state index contributed by atoms with van der Waals surface area (Å²) in [5.74, 6) is -0.189. The van der Waals surface area contributed by atoms with Gasteiger partial charge < -0.3 is 5.32 Å². The van der Waals surface area contributed by atoms with E-state index in [-0.39, 0.29) is 17.3 Å². The van der Waals surface area contributed by atoms with Gasteiger partial charge >= 0.3 is 0 Å². The van der Waals surface area contributed by atoms with Crippen LogP contribution in [0, 0.1) is 11.2 Å². The molecule has 0 radical (unpaired) electrons. The minimum absolute atomic E-state index is 0.108. The van der Waals surface area contributed by atoms with Gasteiger partial charge in [-0.3, -0.25) is 0 Å². The number of benzene rings is 2. The summed E-state index contributed by atoms with van der Waals surface area (Å²) in [6, 6.07) is 15.5. The number of anilines is 1. The molecule has 0 fully saturated rings. The number of hydrogen-bond acceptors (Lipinski definition) is 1. The molecule has 2 heteroatoms. The molecule has 1 nitrogen and oxygen atoms in total. The highest BCUT2D eigenvalue weighted by atomic mass is 19.1. The third kappa shape index (κ3) is 2.31. The van der Waals surface area contributed by atoms with Crippen molar-refractivity contribution in [2.45, 2.75) is 32.7 Å². The molecule has 0 saturated carbocycles. The lowest BCUT2D eigenvalue weighted by atomic mass is 9.70. The van der Waals surface area contributed by atoms with E-state index in [0.29, 0.717) is 5.69 Å². The average Bonchev–Trinajstić information content (AvgIpc) is 2.44. The van der Waals surface area contributed by atoms with E-state index in [1.54, 1.807) is 6.07 Å². The van der Waals surface area contributed by atoms with Gasteiger partial charge in [-0.15, -0.1) is 0 Å². The number of rotatable bonds is 2. The summed E-state index contributed by atoms with van der Waals surface area (Å²) in [6.07, 6.45) is 2.20. The number of halogens is 1. The Balaban J connectivity index is 2.00. The first kappa shape index (κ1) is 13.2. The highest BCUT2D eigenvalue weighted by molar-refractivity contribution is 5.49. The molecule has 3 rings (SSSR count). The molecule has 1 unspecified atom stereocenters. The fraction of sp³-hybridized carbons (Fsp3) is 0.333. The van der Waals surface area contributed by atoms with Gasteiger partial charge in [-0.1, -0.05) is 50.2 Å². The standard InChI is InChI=1S/C18H20FN/c1-18(2)12-11-13-7-3-4-8-14(13)17(18)20-16-10-6-5-9-15(16)19/h3-10,17,20H,11-12H2,1-2H3. The first-order valence-electron chi connectivity index (χ1n) is 7.17.